The van der Waals surface area contributed by atoms with Gasteiger partial charge in [0, 0.05) is 0 Å². The summed E-state index contributed by atoms with van der Waals surface area (Å²) in [5.41, 5.74) is 0.814. The summed E-state index contributed by atoms with van der Waals surface area (Å²) in [5, 5.41) is 0. The van der Waals surface area contributed by atoms with Gasteiger partial charge in [-0.1, -0.05) is 32.1 Å². The Bertz CT molecular complexity index is 425. The molecule has 0 fully saturated rings. The molecule has 0 radical (unpaired) electrons. The van der Waals surface area contributed by atoms with Crippen molar-refractivity contribution >= 4 is 6.08 Å². The molecule has 1 aromatic carbocycles. The zero-order chi connectivity index (χ0) is 11.8. The molecule has 1 aliphatic heterocycles. The minimum atomic E-state index is -3.54. The average molecular weight is 226 g/mol. The average Bonchev–Trinajstić information content (AvgIpc) is 2.47. The van der Waals surface area contributed by atoms with Crippen LogP contribution in [0.4, 0.5) is 8.78 Å². The standard InChI is InChI=1S/C12H12F2O2/c1-8(2)3-4-9-5-6-10-11(7-9)16-12(13,14)15-10/h3-8H,1-2H3/b4-3+. The van der Waals surface area contributed by atoms with Crippen molar-refractivity contribution in [3.63, 3.8) is 0 Å². The van der Waals surface area contributed by atoms with Crippen LogP contribution in [0.5, 0.6) is 11.5 Å². The molecule has 86 valence electrons. The maximum absolute atomic E-state index is 12.7. The van der Waals surface area contributed by atoms with Crippen LogP contribution in [-0.4, -0.2) is 6.29 Å². The predicted molar refractivity (Wildman–Crippen MR) is 56.5 cm³/mol. The van der Waals surface area contributed by atoms with Crippen molar-refractivity contribution in [3.05, 3.63) is 29.8 Å². The minimum Gasteiger partial charge on any atom is -0.395 e. The second kappa shape index (κ2) is 3.77. The summed E-state index contributed by atoms with van der Waals surface area (Å²) in [7, 11) is 0. The van der Waals surface area contributed by atoms with Crippen LogP contribution in [0.2, 0.25) is 0 Å². The highest BCUT2D eigenvalue weighted by atomic mass is 19.3. The van der Waals surface area contributed by atoms with Crippen LogP contribution < -0.4 is 9.47 Å². The molecule has 0 aromatic heterocycles. The van der Waals surface area contributed by atoms with Crippen molar-refractivity contribution in [1.29, 1.82) is 0 Å². The summed E-state index contributed by atoms with van der Waals surface area (Å²) in [6.45, 7) is 4.08. The monoisotopic (exact) mass is 226 g/mol. The Balaban J connectivity index is 2.23. The summed E-state index contributed by atoms with van der Waals surface area (Å²) >= 11 is 0. The Labute approximate surface area is 92.5 Å². The molecule has 0 atom stereocenters. The van der Waals surface area contributed by atoms with E-state index in [0.717, 1.165) is 5.56 Å². The predicted octanol–water partition coefficient (Wildman–Crippen LogP) is 3.68. The normalized spacial score (nSPS) is 17.3. The van der Waals surface area contributed by atoms with Crippen LogP contribution in [0.15, 0.2) is 24.3 Å². The molecule has 0 amide bonds. The van der Waals surface area contributed by atoms with Crippen LogP contribution in [0, 0.1) is 5.92 Å². The number of rotatable bonds is 2. The minimum absolute atomic E-state index is 0.0756. The molecule has 0 bridgehead atoms. The lowest BCUT2D eigenvalue weighted by atomic mass is 10.1. The number of hydrogen-bond acceptors (Lipinski definition) is 2. The molecule has 4 heteroatoms. The van der Waals surface area contributed by atoms with Crippen molar-refractivity contribution in [2.75, 3.05) is 0 Å². The summed E-state index contributed by atoms with van der Waals surface area (Å²) in [5.74, 6) is 0.564. The highest BCUT2D eigenvalue weighted by molar-refractivity contribution is 5.56. The molecule has 0 spiro atoms. The van der Waals surface area contributed by atoms with Crippen LogP contribution >= 0.6 is 0 Å². The van der Waals surface area contributed by atoms with Crippen molar-refractivity contribution in [1.82, 2.24) is 0 Å². The van der Waals surface area contributed by atoms with Gasteiger partial charge in [0.05, 0.1) is 0 Å². The van der Waals surface area contributed by atoms with Crippen molar-refractivity contribution in [2.24, 2.45) is 5.92 Å². The first-order chi connectivity index (χ1) is 7.46. The van der Waals surface area contributed by atoms with Gasteiger partial charge >= 0.3 is 6.29 Å². The molecule has 1 aliphatic rings. The molecule has 0 saturated heterocycles. The molecule has 2 nitrogen and oxygen atoms in total. The molecular weight excluding hydrogens is 214 g/mol. The largest absolute Gasteiger partial charge is 0.586 e. The number of hydrogen-bond donors (Lipinski definition) is 0. The number of benzene rings is 1. The Morgan fingerprint density at radius 1 is 1.19 bits per heavy atom. The number of alkyl halides is 2. The highest BCUT2D eigenvalue weighted by Gasteiger charge is 2.43. The molecule has 0 aliphatic carbocycles. The van der Waals surface area contributed by atoms with Gasteiger partial charge in [-0.15, -0.1) is 8.78 Å². The molecule has 2 rings (SSSR count). The number of halogens is 2. The van der Waals surface area contributed by atoms with E-state index in [4.69, 9.17) is 0 Å². The molecule has 1 heterocycles. The third-order valence-corrected chi connectivity index (χ3v) is 2.10. The first kappa shape index (κ1) is 10.9. The first-order valence-electron chi connectivity index (χ1n) is 5.04. The van der Waals surface area contributed by atoms with Gasteiger partial charge in [-0.3, -0.25) is 0 Å². The van der Waals surface area contributed by atoms with E-state index in [9.17, 15) is 8.78 Å². The van der Waals surface area contributed by atoms with E-state index >= 15 is 0 Å². The van der Waals surface area contributed by atoms with Gasteiger partial charge in [-0.2, -0.15) is 0 Å². The molecular formula is C12H12F2O2. The number of fused-ring (bicyclic) bond motifs is 1. The third kappa shape index (κ3) is 2.32. The fraction of sp³-hybridized carbons (Fsp3) is 0.333. The highest BCUT2D eigenvalue weighted by Crippen LogP contribution is 2.41. The zero-order valence-electron chi connectivity index (χ0n) is 9.04. The molecule has 0 N–H and O–H groups in total. The summed E-state index contributed by atoms with van der Waals surface area (Å²) < 4.78 is 34.1. The lowest BCUT2D eigenvalue weighted by molar-refractivity contribution is -0.286. The Morgan fingerprint density at radius 3 is 2.56 bits per heavy atom. The van der Waals surface area contributed by atoms with E-state index in [0.29, 0.717) is 5.92 Å². The molecule has 0 unspecified atom stereocenters. The van der Waals surface area contributed by atoms with Gasteiger partial charge in [0.1, 0.15) is 0 Å². The van der Waals surface area contributed by atoms with Crippen molar-refractivity contribution in [3.8, 4) is 11.5 Å². The second-order valence-electron chi connectivity index (χ2n) is 3.98. The second-order valence-corrected chi connectivity index (χ2v) is 3.98. The maximum atomic E-state index is 12.7. The maximum Gasteiger partial charge on any atom is 0.586 e. The third-order valence-electron chi connectivity index (χ3n) is 2.10. The first-order valence-corrected chi connectivity index (χ1v) is 5.04. The fourth-order valence-electron chi connectivity index (χ4n) is 1.37. The van der Waals surface area contributed by atoms with E-state index in [1.165, 1.54) is 12.1 Å². The number of allylic oxidation sites excluding steroid dienone is 1. The van der Waals surface area contributed by atoms with E-state index in [-0.39, 0.29) is 11.5 Å². The topological polar surface area (TPSA) is 18.5 Å². The zero-order valence-corrected chi connectivity index (χ0v) is 9.04. The Hall–Kier alpha value is -1.58. The lowest BCUT2D eigenvalue weighted by Gasteiger charge is -2.04. The summed E-state index contributed by atoms with van der Waals surface area (Å²) in [6.07, 6.45) is 0.309. The fourth-order valence-corrected chi connectivity index (χ4v) is 1.37. The van der Waals surface area contributed by atoms with Gasteiger partial charge < -0.3 is 9.47 Å². The van der Waals surface area contributed by atoms with Gasteiger partial charge in [0.25, 0.3) is 0 Å². The van der Waals surface area contributed by atoms with Crippen LogP contribution in [0.1, 0.15) is 19.4 Å². The summed E-state index contributed by atoms with van der Waals surface area (Å²) in [4.78, 5) is 0. The van der Waals surface area contributed by atoms with E-state index < -0.39 is 6.29 Å². The van der Waals surface area contributed by atoms with Gasteiger partial charge in [0.15, 0.2) is 11.5 Å². The van der Waals surface area contributed by atoms with Crippen molar-refractivity contribution in [2.45, 2.75) is 20.1 Å². The van der Waals surface area contributed by atoms with Crippen molar-refractivity contribution < 1.29 is 18.3 Å². The van der Waals surface area contributed by atoms with Gasteiger partial charge in [-0.25, -0.2) is 0 Å². The SMILES string of the molecule is CC(C)/C=C/c1ccc2c(c1)OC(F)(F)O2. The van der Waals surface area contributed by atoms with Gasteiger partial charge in [-0.05, 0) is 23.6 Å². The van der Waals surface area contributed by atoms with E-state index in [1.807, 2.05) is 26.0 Å². The lowest BCUT2D eigenvalue weighted by Crippen LogP contribution is -2.25. The molecule has 0 saturated carbocycles. The quantitative estimate of drug-likeness (QED) is 0.765. The Kier molecular flexibility index (Phi) is 2.58. The number of ether oxygens (including phenoxy) is 2. The Morgan fingerprint density at radius 2 is 1.88 bits per heavy atom. The summed E-state index contributed by atoms with van der Waals surface area (Å²) in [6, 6.07) is 4.73. The van der Waals surface area contributed by atoms with Crippen LogP contribution in [0.25, 0.3) is 6.08 Å². The van der Waals surface area contributed by atoms with Crippen LogP contribution in [0.3, 0.4) is 0 Å². The smallest absolute Gasteiger partial charge is 0.395 e. The van der Waals surface area contributed by atoms with Gasteiger partial charge in [0.2, 0.25) is 0 Å². The van der Waals surface area contributed by atoms with E-state index in [2.05, 4.69) is 9.47 Å². The van der Waals surface area contributed by atoms with E-state index in [1.54, 1.807) is 6.07 Å². The van der Waals surface area contributed by atoms with Crippen LogP contribution in [-0.2, 0) is 0 Å². The molecule has 1 aromatic rings. The molecule has 16 heavy (non-hydrogen) atoms.